The topological polar surface area (TPSA) is 452 Å². The molecule has 0 aromatic heterocycles. The predicted octanol–water partition coefficient (Wildman–Crippen LogP) is -2.81. The molecule has 19 N–H and O–H groups in total. The SMILES string of the molecule is CC(C)[C@@H](NC(=O)[C@H](CCCNC(=N)N)NC(=O)[C@H](Cc1ccc(O)cc1)NC(=O)[C@@H]1CCCN1C(=O)CNC(=O)CN)C(=O)NCC(=O)N[C@@H](CCCNC(=N)N)C(=O)N[C@H](Cc1ccc2ccccc2c1)C(=O)N1CCC[C@H]1C(=O)O. The van der Waals surface area contributed by atoms with Gasteiger partial charge < -0.3 is 85.1 Å². The summed E-state index contributed by atoms with van der Waals surface area (Å²) in [4.78, 5) is 138. The summed E-state index contributed by atoms with van der Waals surface area (Å²) in [6.07, 6.45) is 1.41. The third-order valence-electron chi connectivity index (χ3n) is 14.1. The smallest absolute Gasteiger partial charge is 0.326 e. The van der Waals surface area contributed by atoms with E-state index in [1.807, 2.05) is 36.4 Å². The number of carbonyl (C=O) groups is 10. The van der Waals surface area contributed by atoms with E-state index in [0.29, 0.717) is 24.0 Å². The van der Waals surface area contributed by atoms with E-state index >= 15 is 0 Å². The Morgan fingerprint density at radius 1 is 0.602 bits per heavy atom. The Labute approximate surface area is 479 Å². The van der Waals surface area contributed by atoms with Crippen LogP contribution in [0.25, 0.3) is 10.8 Å². The van der Waals surface area contributed by atoms with Gasteiger partial charge >= 0.3 is 5.97 Å². The maximum atomic E-state index is 14.4. The number of aromatic hydroxyl groups is 1. The molecule has 0 radical (unpaired) electrons. The van der Waals surface area contributed by atoms with E-state index in [-0.39, 0.29) is 102 Å². The maximum Gasteiger partial charge on any atom is 0.326 e. The molecule has 3 aromatic carbocycles. The van der Waals surface area contributed by atoms with Crippen LogP contribution in [0, 0.1) is 16.7 Å². The van der Waals surface area contributed by atoms with E-state index in [1.54, 1.807) is 19.9 Å². The van der Waals surface area contributed by atoms with Gasteiger partial charge in [-0.25, -0.2) is 4.79 Å². The Hall–Kier alpha value is -9.08. The lowest BCUT2D eigenvalue weighted by Gasteiger charge is -2.29. The zero-order valence-electron chi connectivity index (χ0n) is 46.6. The molecule has 0 spiro atoms. The molecule has 2 heterocycles. The number of hydrogen-bond donors (Lipinski definition) is 16. The van der Waals surface area contributed by atoms with Crippen molar-refractivity contribution in [2.45, 2.75) is 120 Å². The molecule has 83 heavy (non-hydrogen) atoms. The van der Waals surface area contributed by atoms with Gasteiger partial charge in [0.15, 0.2) is 11.9 Å². The number of guanidine groups is 2. The Morgan fingerprint density at radius 3 is 1.77 bits per heavy atom. The van der Waals surface area contributed by atoms with E-state index < -0.39 is 120 Å². The Bertz CT molecular complexity index is 2840. The van der Waals surface area contributed by atoms with Gasteiger partial charge in [-0.2, -0.15) is 0 Å². The highest BCUT2D eigenvalue weighted by Gasteiger charge is 2.40. The highest BCUT2D eigenvalue weighted by molar-refractivity contribution is 5.98. The van der Waals surface area contributed by atoms with Gasteiger partial charge in [0.1, 0.15) is 48.0 Å². The van der Waals surface area contributed by atoms with Crippen molar-refractivity contribution >= 4 is 81.8 Å². The Kier molecular flexibility index (Phi) is 24.8. The highest BCUT2D eigenvalue weighted by Crippen LogP contribution is 2.23. The first kappa shape index (κ1) is 64.7. The van der Waals surface area contributed by atoms with E-state index in [1.165, 1.54) is 34.1 Å². The zero-order chi connectivity index (χ0) is 60.8. The van der Waals surface area contributed by atoms with Gasteiger partial charge in [0.05, 0.1) is 19.6 Å². The fraction of sp³-hybridized carbons (Fsp3) is 0.491. The molecule has 450 valence electrons. The van der Waals surface area contributed by atoms with Gasteiger partial charge in [0.25, 0.3) is 0 Å². The van der Waals surface area contributed by atoms with Crippen LogP contribution in [0.4, 0.5) is 0 Å². The molecule has 0 aliphatic carbocycles. The van der Waals surface area contributed by atoms with Gasteiger partial charge in [-0.1, -0.05) is 68.4 Å². The van der Waals surface area contributed by atoms with Crippen molar-refractivity contribution in [3.8, 4) is 5.75 Å². The standard InChI is InChI=1S/C55H78N16O12/c1-31(2)46(69-48(77)38(12-6-22-62-55(59)60)66-49(78)39(26-32-16-19-36(72)20-17-32)67-50(79)41-13-7-23-70(41)45(75)30-63-43(73)28-56)51(80)64-29-44(74)65-37(11-5-21-61-54(57)58)47(76)68-40(52(81)71-24-8-14-42(71)53(82)83)27-33-15-18-34-9-3-4-10-35(34)25-33/h3-4,9-10,15-20,25,31,37-42,46,72H,5-8,11-14,21-24,26-30,56H2,1-2H3,(H,63,73)(H,64,80)(H,65,74)(H,66,78)(H,67,79)(H,68,76)(H,69,77)(H,82,83)(H4,57,58,61)(H4,59,60,62)/t37-,38-,39-,40+,41-,42-,46+/m0/s1. The van der Waals surface area contributed by atoms with Gasteiger partial charge in [-0.05, 0) is 91.3 Å². The van der Waals surface area contributed by atoms with Gasteiger partial charge in [-0.15, -0.1) is 0 Å². The van der Waals surface area contributed by atoms with Gasteiger partial charge in [0, 0.05) is 39.0 Å². The van der Waals surface area contributed by atoms with E-state index in [2.05, 4.69) is 47.9 Å². The van der Waals surface area contributed by atoms with Crippen molar-refractivity contribution in [1.82, 2.24) is 57.7 Å². The number of hydrogen-bond acceptors (Lipinski definition) is 14. The van der Waals surface area contributed by atoms with Crippen LogP contribution >= 0.6 is 0 Å². The quantitative estimate of drug-likeness (QED) is 0.0182. The molecule has 2 aliphatic heterocycles. The number of benzene rings is 3. The number of nitrogens with two attached hydrogens (primary N) is 3. The van der Waals surface area contributed by atoms with Gasteiger partial charge in [-0.3, -0.25) is 54.0 Å². The average Bonchev–Trinajstić information content (AvgIpc) is 4.42. The number of carboxylic acid groups (broad SMARTS) is 1. The molecular weight excluding hydrogens is 1080 g/mol. The number of likely N-dealkylation sites (tertiary alicyclic amines) is 2. The van der Waals surface area contributed by atoms with Crippen molar-refractivity contribution in [3.63, 3.8) is 0 Å². The minimum absolute atomic E-state index is 0.0251. The minimum Gasteiger partial charge on any atom is -0.508 e. The average molecular weight is 1160 g/mol. The fourth-order valence-corrected chi connectivity index (χ4v) is 9.77. The summed E-state index contributed by atoms with van der Waals surface area (Å²) in [5.41, 5.74) is 17.5. The summed E-state index contributed by atoms with van der Waals surface area (Å²) in [6.45, 7) is 2.34. The van der Waals surface area contributed by atoms with Crippen molar-refractivity contribution in [2.24, 2.45) is 23.1 Å². The molecule has 2 saturated heterocycles. The number of carbonyl (C=O) groups excluding carboxylic acids is 9. The number of phenols is 1. The number of rotatable bonds is 30. The predicted molar refractivity (Wildman–Crippen MR) is 304 cm³/mol. The second-order valence-corrected chi connectivity index (χ2v) is 20.7. The number of phenolic OH excluding ortho intramolecular Hbond substituents is 1. The van der Waals surface area contributed by atoms with Crippen molar-refractivity contribution in [1.29, 1.82) is 10.8 Å². The van der Waals surface area contributed by atoms with Crippen LogP contribution in [0.1, 0.15) is 76.3 Å². The number of nitrogens with zero attached hydrogens (tertiary/aromatic N) is 2. The molecule has 3 aromatic rings. The number of amides is 9. The summed E-state index contributed by atoms with van der Waals surface area (Å²) >= 11 is 0. The lowest BCUT2D eigenvalue weighted by Crippen LogP contribution is -2.60. The summed E-state index contributed by atoms with van der Waals surface area (Å²) < 4.78 is 0. The Balaban J connectivity index is 1.31. The van der Waals surface area contributed by atoms with Crippen LogP contribution in [0.15, 0.2) is 66.7 Å². The summed E-state index contributed by atoms with van der Waals surface area (Å²) in [5.74, 6) is -9.12. The van der Waals surface area contributed by atoms with Crippen LogP contribution in [0.2, 0.25) is 0 Å². The van der Waals surface area contributed by atoms with Crippen molar-refractivity contribution in [2.75, 3.05) is 45.8 Å². The second kappa shape index (κ2) is 31.8. The highest BCUT2D eigenvalue weighted by atomic mass is 16.4. The molecule has 2 fully saturated rings. The van der Waals surface area contributed by atoms with E-state index in [0.717, 1.165) is 10.8 Å². The minimum atomic E-state index is -1.38. The van der Waals surface area contributed by atoms with Crippen LogP contribution in [-0.4, -0.2) is 179 Å². The monoisotopic (exact) mass is 1150 g/mol. The third kappa shape index (κ3) is 20.1. The maximum absolute atomic E-state index is 14.4. The number of nitrogens with one attached hydrogen (secondary N) is 11. The Morgan fingerprint density at radius 2 is 1.16 bits per heavy atom. The normalized spacial score (nSPS) is 16.5. The fourth-order valence-electron chi connectivity index (χ4n) is 9.77. The third-order valence-corrected chi connectivity index (χ3v) is 14.1. The van der Waals surface area contributed by atoms with E-state index in [9.17, 15) is 58.2 Å². The molecule has 9 amide bonds. The number of carboxylic acids is 1. The molecule has 7 atom stereocenters. The van der Waals surface area contributed by atoms with Crippen LogP contribution in [-0.2, 0) is 60.8 Å². The molecule has 2 aliphatic rings. The molecule has 0 saturated carbocycles. The van der Waals surface area contributed by atoms with Gasteiger partial charge in [0.2, 0.25) is 53.2 Å². The van der Waals surface area contributed by atoms with Crippen molar-refractivity contribution < 1.29 is 58.2 Å². The lowest BCUT2D eigenvalue weighted by molar-refractivity contribution is -0.149. The van der Waals surface area contributed by atoms with Crippen molar-refractivity contribution in [3.05, 3.63) is 77.9 Å². The van der Waals surface area contributed by atoms with Crippen LogP contribution in [0.5, 0.6) is 5.75 Å². The molecule has 28 nitrogen and oxygen atoms in total. The summed E-state index contributed by atoms with van der Waals surface area (Å²) in [7, 11) is 0. The molecule has 0 unspecified atom stereocenters. The number of fused-ring (bicyclic) bond motifs is 1. The second-order valence-electron chi connectivity index (χ2n) is 20.7. The molecular formula is C55H78N16O12. The zero-order valence-corrected chi connectivity index (χ0v) is 46.6. The van der Waals surface area contributed by atoms with E-state index in [4.69, 9.17) is 28.0 Å². The molecule has 5 rings (SSSR count). The first-order valence-corrected chi connectivity index (χ1v) is 27.5. The molecule has 28 heteroatoms. The first-order chi connectivity index (χ1) is 39.5. The van der Waals surface area contributed by atoms with Crippen LogP contribution in [0.3, 0.4) is 0 Å². The molecule has 0 bridgehead atoms. The largest absolute Gasteiger partial charge is 0.508 e. The lowest BCUT2D eigenvalue weighted by atomic mass is 10.00. The number of aliphatic carboxylic acids is 1. The summed E-state index contributed by atoms with van der Waals surface area (Å²) in [6, 6.07) is 10.1. The first-order valence-electron chi connectivity index (χ1n) is 27.5. The summed E-state index contributed by atoms with van der Waals surface area (Å²) in [5, 5.41) is 60.4. The van der Waals surface area contributed by atoms with Crippen LogP contribution < -0.4 is 65.1 Å².